The highest BCUT2D eigenvalue weighted by Crippen LogP contribution is 2.32. The number of carbonyl (C=O) groups excluding carboxylic acids is 1. The Morgan fingerprint density at radius 1 is 1.33 bits per heavy atom. The van der Waals surface area contributed by atoms with Crippen molar-refractivity contribution in [1.82, 2.24) is 4.90 Å². The summed E-state index contributed by atoms with van der Waals surface area (Å²) >= 11 is 11.8. The van der Waals surface area contributed by atoms with Crippen LogP contribution in [0.15, 0.2) is 17.0 Å². The van der Waals surface area contributed by atoms with Gasteiger partial charge in [-0.1, -0.05) is 23.2 Å². The van der Waals surface area contributed by atoms with Crippen LogP contribution in [-0.4, -0.2) is 46.5 Å². The monoisotopic (exact) mass is 373 g/mol. The van der Waals surface area contributed by atoms with E-state index in [0.717, 1.165) is 6.07 Å². The molecule has 1 rings (SSSR count). The molecular formula is C12H14Cl3NO4S. The molecule has 0 aromatic heterocycles. The van der Waals surface area contributed by atoms with Crippen molar-refractivity contribution in [1.29, 1.82) is 0 Å². The molecule has 1 aromatic rings. The van der Waals surface area contributed by atoms with Crippen LogP contribution in [0.4, 0.5) is 0 Å². The van der Waals surface area contributed by atoms with E-state index < -0.39 is 15.0 Å². The van der Waals surface area contributed by atoms with E-state index in [4.69, 9.17) is 38.6 Å². The molecule has 0 atom stereocenters. The van der Waals surface area contributed by atoms with E-state index in [-0.39, 0.29) is 20.5 Å². The normalized spacial score (nSPS) is 11.5. The molecule has 118 valence electrons. The second-order valence-electron chi connectivity index (χ2n) is 4.28. The molecule has 21 heavy (non-hydrogen) atoms. The van der Waals surface area contributed by atoms with Gasteiger partial charge in [0.25, 0.3) is 15.0 Å². The molecule has 0 saturated heterocycles. The van der Waals surface area contributed by atoms with Gasteiger partial charge in [-0.05, 0) is 18.6 Å². The topological polar surface area (TPSA) is 63.7 Å². The van der Waals surface area contributed by atoms with Gasteiger partial charge in [-0.2, -0.15) is 0 Å². The van der Waals surface area contributed by atoms with Crippen molar-refractivity contribution in [3.05, 3.63) is 27.7 Å². The first-order valence-electron chi connectivity index (χ1n) is 5.86. The highest BCUT2D eigenvalue weighted by molar-refractivity contribution is 8.13. The number of halogens is 3. The number of rotatable bonds is 6. The molecule has 9 heteroatoms. The predicted molar refractivity (Wildman–Crippen MR) is 83.0 cm³/mol. The van der Waals surface area contributed by atoms with Gasteiger partial charge in [0.05, 0.1) is 10.6 Å². The van der Waals surface area contributed by atoms with Crippen LogP contribution in [0.2, 0.25) is 10.0 Å². The Morgan fingerprint density at radius 3 is 2.48 bits per heavy atom. The highest BCUT2D eigenvalue weighted by Gasteiger charge is 2.23. The number of hydrogen-bond acceptors (Lipinski definition) is 4. The first-order valence-corrected chi connectivity index (χ1v) is 8.93. The molecule has 0 spiro atoms. The van der Waals surface area contributed by atoms with Crippen LogP contribution in [0.5, 0.6) is 0 Å². The van der Waals surface area contributed by atoms with Crippen LogP contribution in [0.3, 0.4) is 0 Å². The van der Waals surface area contributed by atoms with Crippen LogP contribution < -0.4 is 0 Å². The standard InChI is InChI=1S/C12H14Cl3NO4S/c1-16(4-3-5-20-2)12(17)9-6-8(13)7-10(11(9)14)21(15,18)19/h6-7H,3-5H2,1-2H3. The smallest absolute Gasteiger partial charge is 0.262 e. The number of ether oxygens (including phenoxy) is 1. The van der Waals surface area contributed by atoms with Crippen LogP contribution in [0.25, 0.3) is 0 Å². The first-order chi connectivity index (χ1) is 9.68. The Morgan fingerprint density at radius 2 is 1.95 bits per heavy atom. The fourth-order valence-corrected chi connectivity index (χ4v) is 3.50. The lowest BCUT2D eigenvalue weighted by atomic mass is 10.2. The van der Waals surface area contributed by atoms with Crippen molar-refractivity contribution in [3.8, 4) is 0 Å². The number of benzene rings is 1. The lowest BCUT2D eigenvalue weighted by molar-refractivity contribution is 0.0779. The van der Waals surface area contributed by atoms with E-state index in [1.54, 1.807) is 14.2 Å². The van der Waals surface area contributed by atoms with E-state index >= 15 is 0 Å². The van der Waals surface area contributed by atoms with Gasteiger partial charge < -0.3 is 9.64 Å². The van der Waals surface area contributed by atoms with Gasteiger partial charge in [0.1, 0.15) is 4.90 Å². The number of carbonyl (C=O) groups is 1. The fraction of sp³-hybridized carbons (Fsp3) is 0.417. The van der Waals surface area contributed by atoms with E-state index in [1.807, 2.05) is 0 Å². The molecule has 1 aromatic carbocycles. The largest absolute Gasteiger partial charge is 0.385 e. The predicted octanol–water partition coefficient (Wildman–Crippen LogP) is 3.03. The Kier molecular flexibility index (Phi) is 6.74. The molecule has 0 aliphatic carbocycles. The molecule has 0 heterocycles. The summed E-state index contributed by atoms with van der Waals surface area (Å²) in [6.45, 7) is 0.931. The van der Waals surface area contributed by atoms with Gasteiger partial charge in [0, 0.05) is 43.0 Å². The SMILES string of the molecule is COCCCN(C)C(=O)c1cc(Cl)cc(S(=O)(=O)Cl)c1Cl. The number of hydrogen-bond donors (Lipinski definition) is 0. The highest BCUT2D eigenvalue weighted by atomic mass is 35.7. The maximum absolute atomic E-state index is 12.3. The van der Waals surface area contributed by atoms with Gasteiger partial charge in [-0.25, -0.2) is 8.42 Å². The van der Waals surface area contributed by atoms with Gasteiger partial charge in [0.15, 0.2) is 0 Å². The summed E-state index contributed by atoms with van der Waals surface area (Å²) in [7, 11) is 4.32. The molecule has 0 aliphatic rings. The summed E-state index contributed by atoms with van der Waals surface area (Å²) in [5.41, 5.74) is -0.0108. The Balaban J connectivity index is 3.13. The summed E-state index contributed by atoms with van der Waals surface area (Å²) in [6, 6.07) is 2.42. The number of nitrogens with zero attached hydrogens (tertiary/aromatic N) is 1. The fourth-order valence-electron chi connectivity index (χ4n) is 1.65. The average Bonchev–Trinajstić information content (AvgIpc) is 2.39. The van der Waals surface area contributed by atoms with E-state index in [2.05, 4.69) is 0 Å². The molecule has 0 bridgehead atoms. The van der Waals surface area contributed by atoms with Crippen molar-refractivity contribution in [2.24, 2.45) is 0 Å². The Labute approximate surface area is 138 Å². The zero-order chi connectivity index (χ0) is 16.2. The maximum atomic E-state index is 12.3. The average molecular weight is 375 g/mol. The van der Waals surface area contributed by atoms with Crippen molar-refractivity contribution >= 4 is 48.8 Å². The summed E-state index contributed by atoms with van der Waals surface area (Å²) in [5, 5.41) is -0.176. The molecule has 0 fully saturated rings. The van der Waals surface area contributed by atoms with Gasteiger partial charge in [0.2, 0.25) is 0 Å². The molecule has 5 nitrogen and oxygen atoms in total. The van der Waals surface area contributed by atoms with Crippen LogP contribution in [0, 0.1) is 0 Å². The van der Waals surface area contributed by atoms with Crippen LogP contribution in [0.1, 0.15) is 16.8 Å². The molecule has 0 aliphatic heterocycles. The van der Waals surface area contributed by atoms with E-state index in [1.165, 1.54) is 11.0 Å². The van der Waals surface area contributed by atoms with Crippen molar-refractivity contribution < 1.29 is 17.9 Å². The van der Waals surface area contributed by atoms with Crippen LogP contribution >= 0.6 is 33.9 Å². The number of amides is 1. The summed E-state index contributed by atoms with van der Waals surface area (Å²) in [6.07, 6.45) is 0.636. The van der Waals surface area contributed by atoms with Gasteiger partial charge in [-0.3, -0.25) is 4.79 Å². The third-order valence-corrected chi connectivity index (χ3v) is 4.77. The lowest BCUT2D eigenvalue weighted by Crippen LogP contribution is -2.28. The number of methoxy groups -OCH3 is 1. The third-order valence-electron chi connectivity index (χ3n) is 2.69. The van der Waals surface area contributed by atoms with E-state index in [9.17, 15) is 13.2 Å². The minimum atomic E-state index is -4.09. The summed E-state index contributed by atoms with van der Waals surface area (Å²) < 4.78 is 27.8. The summed E-state index contributed by atoms with van der Waals surface area (Å²) in [5.74, 6) is -0.444. The Hall–Kier alpha value is -0.530. The maximum Gasteiger partial charge on any atom is 0.262 e. The second kappa shape index (κ2) is 7.65. The molecule has 0 unspecified atom stereocenters. The minimum absolute atomic E-state index is 0.0108. The van der Waals surface area contributed by atoms with Gasteiger partial charge in [-0.15, -0.1) is 0 Å². The van der Waals surface area contributed by atoms with E-state index in [0.29, 0.717) is 19.6 Å². The summed E-state index contributed by atoms with van der Waals surface area (Å²) in [4.78, 5) is 13.3. The van der Waals surface area contributed by atoms with Gasteiger partial charge >= 0.3 is 0 Å². The molecule has 0 radical (unpaired) electrons. The minimum Gasteiger partial charge on any atom is -0.385 e. The van der Waals surface area contributed by atoms with Crippen molar-refractivity contribution in [3.63, 3.8) is 0 Å². The van der Waals surface area contributed by atoms with Crippen molar-refractivity contribution in [2.45, 2.75) is 11.3 Å². The molecule has 0 saturated carbocycles. The zero-order valence-electron chi connectivity index (χ0n) is 11.4. The second-order valence-corrected chi connectivity index (χ2v) is 7.63. The Bertz CT molecular complexity index is 634. The third kappa shape index (κ3) is 5.00. The molecular weight excluding hydrogens is 361 g/mol. The quantitative estimate of drug-likeness (QED) is 0.567. The molecule has 1 amide bonds. The van der Waals surface area contributed by atoms with Crippen LogP contribution in [-0.2, 0) is 13.8 Å². The lowest BCUT2D eigenvalue weighted by Gasteiger charge is -2.18. The molecule has 0 N–H and O–H groups in total. The first kappa shape index (κ1) is 18.5. The zero-order valence-corrected chi connectivity index (χ0v) is 14.5. The van der Waals surface area contributed by atoms with Crippen molar-refractivity contribution in [2.75, 3.05) is 27.3 Å².